The summed E-state index contributed by atoms with van der Waals surface area (Å²) in [6.07, 6.45) is 1.86. The maximum absolute atomic E-state index is 12.9. The Morgan fingerprint density at radius 2 is 1.46 bits per heavy atom. The van der Waals surface area contributed by atoms with E-state index in [2.05, 4.69) is 29.8 Å². The van der Waals surface area contributed by atoms with Crippen molar-refractivity contribution in [3.8, 4) is 0 Å². The van der Waals surface area contributed by atoms with Crippen LogP contribution in [0.1, 0.15) is 55.5 Å². The van der Waals surface area contributed by atoms with Gasteiger partial charge in [-0.3, -0.25) is 0 Å². The summed E-state index contributed by atoms with van der Waals surface area (Å²) in [4.78, 5) is 12.9. The van der Waals surface area contributed by atoms with Gasteiger partial charge in [-0.2, -0.15) is 0 Å². The normalized spacial score (nSPS) is 24.3. The lowest BCUT2D eigenvalue weighted by atomic mass is 9.99. The fraction of sp³-hybridized carbons (Fsp3) is 0.536. The van der Waals surface area contributed by atoms with E-state index in [1.165, 1.54) is 0 Å². The van der Waals surface area contributed by atoms with Crippen molar-refractivity contribution >= 4 is 21.9 Å². The summed E-state index contributed by atoms with van der Waals surface area (Å²) >= 11 is 3.60. The third-order valence-corrected chi connectivity index (χ3v) is 6.58. The van der Waals surface area contributed by atoms with Crippen molar-refractivity contribution in [1.82, 2.24) is 0 Å². The van der Waals surface area contributed by atoms with Crippen molar-refractivity contribution in [2.24, 2.45) is 0 Å². The van der Waals surface area contributed by atoms with Crippen LogP contribution in [0.2, 0.25) is 0 Å². The maximum atomic E-state index is 12.9. The first-order valence-corrected chi connectivity index (χ1v) is 13.5. The van der Waals surface area contributed by atoms with Gasteiger partial charge in [-0.15, -0.1) is 0 Å². The number of esters is 1. The average molecular weight is 550 g/mol. The van der Waals surface area contributed by atoms with Gasteiger partial charge in [0.15, 0.2) is 11.1 Å². The van der Waals surface area contributed by atoms with E-state index in [1.807, 2.05) is 48.5 Å². The largest absolute Gasteiger partial charge is 0.452 e. The quantitative estimate of drug-likeness (QED) is 0.166. The highest BCUT2D eigenvalue weighted by Crippen LogP contribution is 2.32. The maximum Gasteiger partial charge on any atom is 0.338 e. The molecular formula is C28H37BrO6. The zero-order valence-corrected chi connectivity index (χ0v) is 22.2. The second-order valence-electron chi connectivity index (χ2n) is 8.64. The number of hydrogen-bond donors (Lipinski definition) is 0. The number of benzene rings is 2. The molecular weight excluding hydrogens is 512 g/mol. The van der Waals surface area contributed by atoms with Crippen LogP contribution in [0.3, 0.4) is 0 Å². The Morgan fingerprint density at radius 3 is 2.09 bits per heavy atom. The van der Waals surface area contributed by atoms with E-state index < -0.39 is 29.3 Å². The molecule has 1 aliphatic heterocycles. The Kier molecular flexibility index (Phi) is 12.2. The van der Waals surface area contributed by atoms with Gasteiger partial charge in [-0.05, 0) is 30.5 Å². The van der Waals surface area contributed by atoms with Crippen molar-refractivity contribution < 1.29 is 28.5 Å². The zero-order chi connectivity index (χ0) is 24.9. The van der Waals surface area contributed by atoms with Gasteiger partial charge in [0, 0.05) is 13.2 Å². The standard InChI is InChI=1S/C28H37BrO6/c1-3-5-17-32-24-23(20-31-19-21-13-9-7-10-14-21)34-27(29)26(25(24)33-18-6-4-2)35-28(30)22-15-11-8-12-16-22/h7-16,23-27H,3-6,17-20H2,1-2H3. The molecule has 0 saturated carbocycles. The number of unbranched alkanes of at least 4 members (excludes halogenated alkanes) is 2. The first kappa shape index (κ1) is 27.8. The minimum atomic E-state index is -0.670. The molecule has 6 nitrogen and oxygen atoms in total. The van der Waals surface area contributed by atoms with Crippen LogP contribution in [-0.2, 0) is 30.3 Å². The summed E-state index contributed by atoms with van der Waals surface area (Å²) in [5.74, 6) is -0.418. The Morgan fingerprint density at radius 1 is 0.857 bits per heavy atom. The van der Waals surface area contributed by atoms with Crippen LogP contribution in [-0.4, -0.2) is 55.2 Å². The number of halogens is 1. The third kappa shape index (κ3) is 8.69. The minimum Gasteiger partial charge on any atom is -0.452 e. The van der Waals surface area contributed by atoms with Crippen LogP contribution in [0.25, 0.3) is 0 Å². The molecule has 1 heterocycles. The Hall–Kier alpha value is -1.77. The van der Waals surface area contributed by atoms with Crippen molar-refractivity contribution in [1.29, 1.82) is 0 Å². The highest BCUT2D eigenvalue weighted by molar-refractivity contribution is 9.09. The molecule has 2 aromatic rings. The van der Waals surface area contributed by atoms with Gasteiger partial charge < -0.3 is 23.7 Å². The molecule has 0 N–H and O–H groups in total. The molecule has 1 saturated heterocycles. The average Bonchev–Trinajstić information content (AvgIpc) is 2.88. The monoisotopic (exact) mass is 548 g/mol. The number of hydrogen-bond acceptors (Lipinski definition) is 6. The van der Waals surface area contributed by atoms with Gasteiger partial charge in [0.2, 0.25) is 0 Å². The highest BCUT2D eigenvalue weighted by Gasteiger charge is 2.48. The molecule has 3 rings (SSSR count). The van der Waals surface area contributed by atoms with Crippen LogP contribution in [0.5, 0.6) is 0 Å². The van der Waals surface area contributed by atoms with Crippen molar-refractivity contribution in [2.75, 3.05) is 19.8 Å². The topological polar surface area (TPSA) is 63.2 Å². The van der Waals surface area contributed by atoms with E-state index in [0.717, 1.165) is 31.2 Å². The first-order chi connectivity index (χ1) is 17.1. The predicted octanol–water partition coefficient (Wildman–Crippen LogP) is 5.92. The number of ether oxygens (including phenoxy) is 5. The zero-order valence-electron chi connectivity index (χ0n) is 20.6. The van der Waals surface area contributed by atoms with Crippen LogP contribution < -0.4 is 0 Å². The number of alkyl halides is 1. The molecule has 7 heteroatoms. The van der Waals surface area contributed by atoms with Gasteiger partial charge in [0.05, 0.1) is 18.8 Å². The van der Waals surface area contributed by atoms with Gasteiger partial charge >= 0.3 is 5.97 Å². The van der Waals surface area contributed by atoms with E-state index >= 15 is 0 Å². The Bertz CT molecular complexity index is 849. The summed E-state index contributed by atoms with van der Waals surface area (Å²) < 4.78 is 30.8. The molecule has 35 heavy (non-hydrogen) atoms. The van der Waals surface area contributed by atoms with Crippen LogP contribution in [0.4, 0.5) is 0 Å². The molecule has 0 radical (unpaired) electrons. The molecule has 2 aromatic carbocycles. The van der Waals surface area contributed by atoms with Gasteiger partial charge in [-0.1, -0.05) is 91.1 Å². The third-order valence-electron chi connectivity index (χ3n) is 5.84. The number of carbonyl (C=O) groups is 1. The second kappa shape index (κ2) is 15.4. The van der Waals surface area contributed by atoms with E-state index in [4.69, 9.17) is 23.7 Å². The molecule has 0 aromatic heterocycles. The van der Waals surface area contributed by atoms with E-state index in [9.17, 15) is 4.79 Å². The molecule has 0 amide bonds. The van der Waals surface area contributed by atoms with Crippen molar-refractivity contribution in [3.05, 3.63) is 71.8 Å². The SMILES string of the molecule is CCCCOC1C(COCc2ccccc2)OC(Br)C(OC(=O)c2ccccc2)C1OCCCC. The van der Waals surface area contributed by atoms with Crippen LogP contribution in [0, 0.1) is 0 Å². The summed E-state index contributed by atoms with van der Waals surface area (Å²) in [7, 11) is 0. The van der Waals surface area contributed by atoms with Crippen LogP contribution in [0.15, 0.2) is 60.7 Å². The number of rotatable bonds is 14. The smallest absolute Gasteiger partial charge is 0.338 e. The van der Waals surface area contributed by atoms with E-state index in [1.54, 1.807) is 12.1 Å². The van der Waals surface area contributed by atoms with Crippen molar-refractivity contribution in [2.45, 2.75) is 75.6 Å². The second-order valence-corrected chi connectivity index (χ2v) is 9.54. The molecule has 0 aliphatic carbocycles. The number of carbonyl (C=O) groups excluding carboxylic acids is 1. The van der Waals surface area contributed by atoms with E-state index in [-0.39, 0.29) is 6.10 Å². The molecule has 5 atom stereocenters. The van der Waals surface area contributed by atoms with Gasteiger partial charge in [0.1, 0.15) is 18.3 Å². The van der Waals surface area contributed by atoms with Gasteiger partial charge in [-0.25, -0.2) is 4.79 Å². The lowest BCUT2D eigenvalue weighted by Crippen LogP contribution is -2.60. The van der Waals surface area contributed by atoms with Crippen LogP contribution >= 0.6 is 15.9 Å². The summed E-state index contributed by atoms with van der Waals surface area (Å²) in [5.41, 5.74) is 1.57. The molecule has 192 valence electrons. The highest BCUT2D eigenvalue weighted by atomic mass is 79.9. The summed E-state index contributed by atoms with van der Waals surface area (Å²) in [6, 6.07) is 19.0. The molecule has 0 spiro atoms. The molecule has 1 fully saturated rings. The first-order valence-electron chi connectivity index (χ1n) is 12.5. The van der Waals surface area contributed by atoms with Gasteiger partial charge in [0.25, 0.3) is 0 Å². The fourth-order valence-electron chi connectivity index (χ4n) is 3.88. The lowest BCUT2D eigenvalue weighted by molar-refractivity contribution is -0.236. The van der Waals surface area contributed by atoms with E-state index in [0.29, 0.717) is 32.0 Å². The predicted molar refractivity (Wildman–Crippen MR) is 139 cm³/mol. The Labute approximate surface area is 217 Å². The Balaban J connectivity index is 1.75. The molecule has 0 bridgehead atoms. The molecule has 1 aliphatic rings. The summed E-state index contributed by atoms with van der Waals surface area (Å²) in [6.45, 7) is 6.16. The minimum absolute atomic E-state index is 0.334. The fourth-order valence-corrected chi connectivity index (χ4v) is 4.56. The molecule has 5 unspecified atom stereocenters. The summed E-state index contributed by atoms with van der Waals surface area (Å²) in [5, 5.41) is -0.557. The van der Waals surface area contributed by atoms with Crippen molar-refractivity contribution in [3.63, 3.8) is 0 Å². The lowest BCUT2D eigenvalue weighted by Gasteiger charge is -2.44.